The van der Waals surface area contributed by atoms with Gasteiger partial charge in [-0.2, -0.15) is 0 Å². The van der Waals surface area contributed by atoms with E-state index in [9.17, 15) is 9.59 Å². The summed E-state index contributed by atoms with van der Waals surface area (Å²) in [7, 11) is 0. The predicted octanol–water partition coefficient (Wildman–Crippen LogP) is 6.31. The van der Waals surface area contributed by atoms with E-state index in [2.05, 4.69) is 50.0 Å². The lowest BCUT2D eigenvalue weighted by Crippen LogP contribution is -1.92. The summed E-state index contributed by atoms with van der Waals surface area (Å²) in [6, 6.07) is 0. The summed E-state index contributed by atoms with van der Waals surface area (Å²) in [5, 5.41) is 16.4. The Hall–Kier alpha value is -2.10. The lowest BCUT2D eigenvalue weighted by Gasteiger charge is -1.92. The maximum Gasteiger partial charge on any atom is 0.330 e. The maximum atomic E-state index is 10.3. The molecular weight excluding hydrogens is 328 g/mol. The van der Waals surface area contributed by atoms with Gasteiger partial charge in [-0.1, -0.05) is 62.8 Å². The van der Waals surface area contributed by atoms with E-state index in [1.54, 1.807) is 0 Å². The van der Waals surface area contributed by atoms with Gasteiger partial charge in [-0.3, -0.25) is 4.79 Å². The topological polar surface area (TPSA) is 74.6 Å². The van der Waals surface area contributed by atoms with Crippen molar-refractivity contribution >= 4 is 11.9 Å². The second-order valence-electron chi connectivity index (χ2n) is 6.11. The zero-order valence-electron chi connectivity index (χ0n) is 16.5. The quantitative estimate of drug-likeness (QED) is 0.215. The molecule has 0 aliphatic rings. The molecule has 0 unspecified atom stereocenters. The molecule has 0 radical (unpaired) electrons. The molecule has 0 amide bonds. The van der Waals surface area contributed by atoms with Crippen molar-refractivity contribution in [1.29, 1.82) is 0 Å². The van der Waals surface area contributed by atoms with E-state index in [1.165, 1.54) is 32.6 Å². The van der Waals surface area contributed by atoms with Crippen molar-refractivity contribution in [3.05, 3.63) is 48.6 Å². The van der Waals surface area contributed by atoms with Gasteiger partial charge >= 0.3 is 11.9 Å². The van der Waals surface area contributed by atoms with Crippen LogP contribution in [0.4, 0.5) is 0 Å². The zero-order chi connectivity index (χ0) is 20.0. The van der Waals surface area contributed by atoms with E-state index in [-0.39, 0.29) is 5.57 Å². The van der Waals surface area contributed by atoms with Gasteiger partial charge in [-0.25, -0.2) is 4.79 Å². The summed E-state index contributed by atoms with van der Waals surface area (Å²) in [5.74, 6) is -1.63. The first-order valence-corrected chi connectivity index (χ1v) is 9.47. The highest BCUT2D eigenvalue weighted by Crippen LogP contribution is 2.02. The number of carboxylic acids is 2. The highest BCUT2D eigenvalue weighted by atomic mass is 16.4. The number of hydrogen-bond donors (Lipinski definition) is 2. The van der Waals surface area contributed by atoms with Crippen molar-refractivity contribution < 1.29 is 19.8 Å². The van der Waals surface area contributed by atoms with Crippen LogP contribution in [-0.2, 0) is 9.59 Å². The monoisotopic (exact) mass is 364 g/mol. The third-order valence-corrected chi connectivity index (χ3v) is 3.40. The number of carbonyl (C=O) groups is 2. The molecular formula is C22H36O4. The molecule has 2 N–H and O–H groups in total. The Morgan fingerprint density at radius 2 is 1.23 bits per heavy atom. The summed E-state index contributed by atoms with van der Waals surface area (Å²) in [5.41, 5.74) is 0.176. The molecule has 4 heteroatoms. The van der Waals surface area contributed by atoms with Crippen molar-refractivity contribution in [2.45, 2.75) is 78.1 Å². The summed E-state index contributed by atoms with van der Waals surface area (Å²) in [6.45, 7) is 6.83. The lowest BCUT2D eigenvalue weighted by atomic mass is 10.2. The van der Waals surface area contributed by atoms with Crippen LogP contribution in [0.25, 0.3) is 0 Å². The average Bonchev–Trinajstić information content (AvgIpc) is 2.58. The molecule has 0 aromatic rings. The highest BCUT2D eigenvalue weighted by Gasteiger charge is 1.93. The molecule has 0 atom stereocenters. The Morgan fingerprint density at radius 1 is 0.808 bits per heavy atom. The molecule has 0 heterocycles. The third-order valence-electron chi connectivity index (χ3n) is 3.40. The van der Waals surface area contributed by atoms with Crippen LogP contribution >= 0.6 is 0 Å². The van der Waals surface area contributed by atoms with Crippen molar-refractivity contribution in [2.24, 2.45) is 0 Å². The number of unbranched alkanes of at least 4 members (excludes halogenated alkanes) is 5. The van der Waals surface area contributed by atoms with Gasteiger partial charge < -0.3 is 10.2 Å². The fourth-order valence-electron chi connectivity index (χ4n) is 1.83. The SMILES string of the molecule is C=C(C)C(=O)O.CCCCC/C=C\C/C=C\C/C=C\CCCCC(=O)O. The summed E-state index contributed by atoms with van der Waals surface area (Å²) >= 11 is 0. The van der Waals surface area contributed by atoms with Crippen molar-refractivity contribution in [3.8, 4) is 0 Å². The van der Waals surface area contributed by atoms with Crippen LogP contribution < -0.4 is 0 Å². The average molecular weight is 365 g/mol. The van der Waals surface area contributed by atoms with Gasteiger partial charge in [-0.15, -0.1) is 0 Å². The van der Waals surface area contributed by atoms with E-state index in [0.29, 0.717) is 6.42 Å². The second-order valence-corrected chi connectivity index (χ2v) is 6.11. The Balaban J connectivity index is 0. The molecule has 148 valence electrons. The Labute approximate surface area is 159 Å². The maximum absolute atomic E-state index is 10.3. The van der Waals surface area contributed by atoms with Gasteiger partial charge in [0.2, 0.25) is 0 Å². The van der Waals surface area contributed by atoms with E-state index in [4.69, 9.17) is 10.2 Å². The molecule has 0 aliphatic heterocycles. The molecule has 0 saturated carbocycles. The van der Waals surface area contributed by atoms with Crippen LogP contribution in [0.15, 0.2) is 48.6 Å². The summed E-state index contributed by atoms with van der Waals surface area (Å²) in [4.78, 5) is 19.9. The minimum atomic E-state index is -0.935. The van der Waals surface area contributed by atoms with Gasteiger partial charge in [0.05, 0.1) is 0 Å². The van der Waals surface area contributed by atoms with Crippen LogP contribution in [0.5, 0.6) is 0 Å². The largest absolute Gasteiger partial charge is 0.481 e. The van der Waals surface area contributed by atoms with Crippen molar-refractivity contribution in [2.75, 3.05) is 0 Å². The number of rotatable bonds is 14. The first-order valence-electron chi connectivity index (χ1n) is 9.47. The van der Waals surface area contributed by atoms with E-state index < -0.39 is 11.9 Å². The molecule has 4 nitrogen and oxygen atoms in total. The molecule has 0 rings (SSSR count). The molecule has 0 spiro atoms. The zero-order valence-corrected chi connectivity index (χ0v) is 16.5. The molecule has 0 fully saturated rings. The van der Waals surface area contributed by atoms with Gasteiger partial charge in [0.1, 0.15) is 0 Å². The second kappa shape index (κ2) is 20.9. The van der Waals surface area contributed by atoms with Crippen LogP contribution in [0.1, 0.15) is 78.1 Å². The molecule has 0 saturated heterocycles. The van der Waals surface area contributed by atoms with Crippen LogP contribution in [0.2, 0.25) is 0 Å². The predicted molar refractivity (Wildman–Crippen MR) is 109 cm³/mol. The van der Waals surface area contributed by atoms with Crippen LogP contribution in [-0.4, -0.2) is 22.2 Å². The Kier molecular flexibility index (Phi) is 21.1. The fourth-order valence-corrected chi connectivity index (χ4v) is 1.83. The fraction of sp³-hybridized carbons (Fsp3) is 0.545. The first-order chi connectivity index (χ1) is 12.4. The number of allylic oxidation sites excluding steroid dienone is 6. The third kappa shape index (κ3) is 26.8. The van der Waals surface area contributed by atoms with Gasteiger partial charge in [-0.05, 0) is 51.9 Å². The van der Waals surface area contributed by atoms with Crippen LogP contribution in [0, 0.1) is 0 Å². The van der Waals surface area contributed by atoms with E-state index in [0.717, 1.165) is 32.1 Å². The Bertz CT molecular complexity index is 447. The van der Waals surface area contributed by atoms with Gasteiger partial charge in [0.25, 0.3) is 0 Å². The highest BCUT2D eigenvalue weighted by molar-refractivity contribution is 5.84. The standard InChI is InChI=1S/C18H30O2.C4H6O2/c1-2-3-4-5-6-7-8-9-10-11-12-13-14-15-16-17-18(19)20;1-3(2)4(5)6/h6-7,9-10,12-13H,2-5,8,11,14-17H2,1H3,(H,19,20);1H2,2H3,(H,5,6)/b7-6-,10-9-,13-12-;. The van der Waals surface area contributed by atoms with E-state index in [1.807, 2.05) is 0 Å². The van der Waals surface area contributed by atoms with Gasteiger partial charge in [0.15, 0.2) is 0 Å². The number of aliphatic carboxylic acids is 2. The smallest absolute Gasteiger partial charge is 0.330 e. The normalized spacial score (nSPS) is 11.0. The molecule has 26 heavy (non-hydrogen) atoms. The minimum absolute atomic E-state index is 0.176. The molecule has 0 aliphatic carbocycles. The van der Waals surface area contributed by atoms with Crippen molar-refractivity contribution in [1.82, 2.24) is 0 Å². The molecule has 0 aromatic heterocycles. The van der Waals surface area contributed by atoms with E-state index >= 15 is 0 Å². The lowest BCUT2D eigenvalue weighted by molar-refractivity contribution is -0.137. The van der Waals surface area contributed by atoms with Gasteiger partial charge in [0, 0.05) is 12.0 Å². The number of carboxylic acid groups (broad SMARTS) is 2. The van der Waals surface area contributed by atoms with Crippen LogP contribution in [0.3, 0.4) is 0 Å². The first kappa shape index (κ1) is 26.1. The number of hydrogen-bond acceptors (Lipinski definition) is 2. The molecule has 0 bridgehead atoms. The van der Waals surface area contributed by atoms with Crippen molar-refractivity contribution in [3.63, 3.8) is 0 Å². The summed E-state index contributed by atoms with van der Waals surface area (Å²) in [6.07, 6.45) is 23.3. The minimum Gasteiger partial charge on any atom is -0.481 e. The summed E-state index contributed by atoms with van der Waals surface area (Å²) < 4.78 is 0. The molecule has 0 aromatic carbocycles. The Morgan fingerprint density at radius 3 is 1.62 bits per heavy atom.